The van der Waals surface area contributed by atoms with Crippen LogP contribution in [0.1, 0.15) is 11.5 Å². The number of hydrogen-bond acceptors (Lipinski definition) is 10. The van der Waals surface area contributed by atoms with Gasteiger partial charge in [-0.3, -0.25) is 4.98 Å². The van der Waals surface area contributed by atoms with Gasteiger partial charge in [0.05, 0.1) is 18.6 Å². The van der Waals surface area contributed by atoms with Gasteiger partial charge in [-0.25, -0.2) is 4.98 Å². The summed E-state index contributed by atoms with van der Waals surface area (Å²) < 4.78 is 10.8. The molecule has 1 aromatic carbocycles. The van der Waals surface area contributed by atoms with E-state index in [2.05, 4.69) is 30.3 Å². The fraction of sp³-hybridized carbons (Fsp3) is 0.125. The summed E-state index contributed by atoms with van der Waals surface area (Å²) >= 11 is 1.28. The van der Waals surface area contributed by atoms with Crippen molar-refractivity contribution >= 4 is 11.8 Å². The molecule has 3 heterocycles. The Morgan fingerprint density at radius 1 is 1.15 bits per heavy atom. The number of hydrogen-bond donors (Lipinski definition) is 1. The lowest BCUT2D eigenvalue weighted by Crippen LogP contribution is -1.86. The van der Waals surface area contributed by atoms with Crippen molar-refractivity contribution in [1.82, 2.24) is 30.3 Å². The van der Waals surface area contributed by atoms with Gasteiger partial charge in [0.25, 0.3) is 11.1 Å². The fourth-order valence-electron chi connectivity index (χ4n) is 2.14. The van der Waals surface area contributed by atoms with Gasteiger partial charge in [0, 0.05) is 18.0 Å². The standard InChI is InChI=1S/C16H12N6O3S/c23-8-10-2-1-3-11(6-10)14-19-13(25-22-14)9-26-16-21-20-15(24-16)12-7-17-4-5-18-12/h1-7,23H,8-9H2. The van der Waals surface area contributed by atoms with Crippen LogP contribution in [0.2, 0.25) is 0 Å². The maximum atomic E-state index is 9.21. The summed E-state index contributed by atoms with van der Waals surface area (Å²) in [5.41, 5.74) is 2.07. The van der Waals surface area contributed by atoms with Gasteiger partial charge in [-0.1, -0.05) is 35.1 Å². The molecule has 0 saturated carbocycles. The van der Waals surface area contributed by atoms with Crippen molar-refractivity contribution in [2.24, 2.45) is 0 Å². The molecule has 0 unspecified atom stereocenters. The molecule has 0 aliphatic rings. The Morgan fingerprint density at radius 2 is 2.12 bits per heavy atom. The molecule has 3 aromatic heterocycles. The summed E-state index contributed by atoms with van der Waals surface area (Å²) in [4.78, 5) is 12.4. The first-order valence-electron chi connectivity index (χ1n) is 7.57. The number of benzene rings is 1. The van der Waals surface area contributed by atoms with E-state index in [1.165, 1.54) is 11.8 Å². The first-order valence-corrected chi connectivity index (χ1v) is 8.56. The van der Waals surface area contributed by atoms with Crippen LogP contribution in [0.5, 0.6) is 0 Å². The van der Waals surface area contributed by atoms with Gasteiger partial charge in [-0.15, -0.1) is 10.2 Å². The van der Waals surface area contributed by atoms with Crippen LogP contribution >= 0.6 is 11.8 Å². The van der Waals surface area contributed by atoms with Gasteiger partial charge in [-0.05, 0) is 11.6 Å². The Kier molecular flexibility index (Phi) is 4.67. The number of nitrogens with zero attached hydrogens (tertiary/aromatic N) is 6. The molecule has 0 saturated heterocycles. The lowest BCUT2D eigenvalue weighted by Gasteiger charge is -1.97. The fourth-order valence-corrected chi connectivity index (χ4v) is 2.74. The molecule has 130 valence electrons. The van der Waals surface area contributed by atoms with Gasteiger partial charge in [0.2, 0.25) is 11.7 Å². The largest absolute Gasteiger partial charge is 0.410 e. The topological polar surface area (TPSA) is 124 Å². The monoisotopic (exact) mass is 368 g/mol. The minimum absolute atomic E-state index is 0.0420. The predicted molar refractivity (Wildman–Crippen MR) is 90.5 cm³/mol. The average Bonchev–Trinajstić information content (AvgIpc) is 3.37. The first kappa shape index (κ1) is 16.4. The second kappa shape index (κ2) is 7.42. The molecular weight excluding hydrogens is 356 g/mol. The van der Waals surface area contributed by atoms with Crippen molar-refractivity contribution in [3.8, 4) is 23.0 Å². The number of thioether (sulfide) groups is 1. The third kappa shape index (κ3) is 3.60. The lowest BCUT2D eigenvalue weighted by atomic mass is 10.1. The average molecular weight is 368 g/mol. The van der Waals surface area contributed by atoms with Crippen molar-refractivity contribution in [3.05, 3.63) is 54.3 Å². The van der Waals surface area contributed by atoms with E-state index in [1.807, 2.05) is 24.3 Å². The zero-order chi connectivity index (χ0) is 17.8. The van der Waals surface area contributed by atoms with Crippen molar-refractivity contribution in [2.45, 2.75) is 17.6 Å². The second-order valence-electron chi connectivity index (χ2n) is 5.12. The third-order valence-electron chi connectivity index (χ3n) is 3.34. The summed E-state index contributed by atoms with van der Waals surface area (Å²) in [7, 11) is 0. The van der Waals surface area contributed by atoms with Gasteiger partial charge in [-0.2, -0.15) is 4.98 Å². The molecule has 1 N–H and O–H groups in total. The number of aliphatic hydroxyl groups is 1. The molecule has 0 aliphatic heterocycles. The van der Waals surface area contributed by atoms with Gasteiger partial charge < -0.3 is 14.0 Å². The van der Waals surface area contributed by atoms with E-state index in [1.54, 1.807) is 18.6 Å². The molecule has 10 heteroatoms. The Bertz CT molecular complexity index is 1000. The van der Waals surface area contributed by atoms with E-state index >= 15 is 0 Å². The summed E-state index contributed by atoms with van der Waals surface area (Å²) in [6, 6.07) is 7.32. The minimum atomic E-state index is -0.0420. The van der Waals surface area contributed by atoms with Crippen LogP contribution in [0.15, 0.2) is 57.0 Å². The summed E-state index contributed by atoms with van der Waals surface area (Å²) in [6.07, 6.45) is 4.67. The van der Waals surface area contributed by atoms with Crippen LogP contribution in [-0.4, -0.2) is 35.4 Å². The molecule has 0 atom stereocenters. The van der Waals surface area contributed by atoms with E-state index in [4.69, 9.17) is 8.94 Å². The van der Waals surface area contributed by atoms with Gasteiger partial charge >= 0.3 is 0 Å². The Labute approximate surface area is 151 Å². The van der Waals surface area contributed by atoms with Crippen molar-refractivity contribution in [1.29, 1.82) is 0 Å². The SMILES string of the molecule is OCc1cccc(-c2noc(CSc3nnc(-c4cnccn4)o3)n2)c1. The highest BCUT2D eigenvalue weighted by atomic mass is 32.2. The Morgan fingerprint density at radius 3 is 2.96 bits per heavy atom. The highest BCUT2D eigenvalue weighted by molar-refractivity contribution is 7.98. The maximum Gasteiger partial charge on any atom is 0.277 e. The molecule has 0 aliphatic carbocycles. The number of aliphatic hydroxyl groups excluding tert-OH is 1. The quantitative estimate of drug-likeness (QED) is 0.507. The molecule has 0 amide bonds. The molecule has 4 rings (SSSR count). The normalized spacial score (nSPS) is 11.0. The van der Waals surface area contributed by atoms with E-state index in [0.717, 1.165) is 11.1 Å². The van der Waals surface area contributed by atoms with Gasteiger partial charge in [0.1, 0.15) is 5.69 Å². The molecular formula is C16H12N6O3S. The van der Waals surface area contributed by atoms with Crippen LogP contribution in [0.4, 0.5) is 0 Å². The summed E-state index contributed by atoms with van der Waals surface area (Å²) in [6.45, 7) is -0.0420. The van der Waals surface area contributed by atoms with Crippen molar-refractivity contribution in [2.75, 3.05) is 0 Å². The highest BCUT2D eigenvalue weighted by Crippen LogP contribution is 2.25. The molecule has 0 fully saturated rings. The number of rotatable bonds is 6. The second-order valence-corrected chi connectivity index (χ2v) is 6.05. The maximum absolute atomic E-state index is 9.21. The number of aromatic nitrogens is 6. The first-order chi connectivity index (χ1) is 12.8. The molecule has 26 heavy (non-hydrogen) atoms. The van der Waals surface area contributed by atoms with Crippen LogP contribution in [0.3, 0.4) is 0 Å². The zero-order valence-electron chi connectivity index (χ0n) is 13.3. The molecule has 4 aromatic rings. The smallest absolute Gasteiger partial charge is 0.277 e. The van der Waals surface area contributed by atoms with Crippen LogP contribution in [-0.2, 0) is 12.4 Å². The molecule has 0 bridgehead atoms. The van der Waals surface area contributed by atoms with E-state index in [9.17, 15) is 5.11 Å². The van der Waals surface area contributed by atoms with Crippen LogP contribution in [0.25, 0.3) is 23.0 Å². The van der Waals surface area contributed by atoms with Crippen molar-refractivity contribution < 1.29 is 14.0 Å². The van der Waals surface area contributed by atoms with Crippen LogP contribution in [0, 0.1) is 0 Å². The molecule has 0 spiro atoms. The van der Waals surface area contributed by atoms with E-state index in [0.29, 0.717) is 34.3 Å². The molecule has 0 radical (unpaired) electrons. The Hall–Kier alpha value is -3.11. The van der Waals surface area contributed by atoms with Crippen LogP contribution < -0.4 is 0 Å². The van der Waals surface area contributed by atoms with Gasteiger partial charge in [0.15, 0.2) is 0 Å². The zero-order valence-corrected chi connectivity index (χ0v) is 14.1. The highest BCUT2D eigenvalue weighted by Gasteiger charge is 2.13. The summed E-state index contributed by atoms with van der Waals surface area (Å²) in [5.74, 6) is 1.57. The predicted octanol–water partition coefficient (Wildman–Crippen LogP) is 2.36. The van der Waals surface area contributed by atoms with E-state index in [-0.39, 0.29) is 6.61 Å². The van der Waals surface area contributed by atoms with E-state index < -0.39 is 0 Å². The van der Waals surface area contributed by atoms with Crippen molar-refractivity contribution in [3.63, 3.8) is 0 Å². The molecule has 9 nitrogen and oxygen atoms in total. The Balaban J connectivity index is 1.43. The minimum Gasteiger partial charge on any atom is -0.410 e. The third-order valence-corrected chi connectivity index (χ3v) is 4.15. The lowest BCUT2D eigenvalue weighted by molar-refractivity contribution is 0.282. The summed E-state index contributed by atoms with van der Waals surface area (Å²) in [5, 5.41) is 21.4.